The molecule has 1 fully saturated rings. The number of aromatic nitrogens is 1. The van der Waals surface area contributed by atoms with Crippen LogP contribution in [0, 0.1) is 0 Å². The maximum absolute atomic E-state index is 12.7. The molecule has 7 nitrogen and oxygen atoms in total. The zero-order valence-electron chi connectivity index (χ0n) is 18.3. The van der Waals surface area contributed by atoms with E-state index in [0.29, 0.717) is 29.6 Å². The van der Waals surface area contributed by atoms with E-state index in [1.165, 1.54) is 35.6 Å². The number of benzene rings is 2. The lowest BCUT2D eigenvalue weighted by atomic mass is 10.2. The van der Waals surface area contributed by atoms with Gasteiger partial charge in [0, 0.05) is 42.9 Å². The molecular formula is C23H23F3N4O3S. The van der Waals surface area contributed by atoms with Gasteiger partial charge < -0.3 is 24.6 Å². The van der Waals surface area contributed by atoms with Crippen molar-refractivity contribution in [1.82, 2.24) is 9.88 Å². The first-order chi connectivity index (χ1) is 16.3. The topological polar surface area (TPSA) is 66.9 Å². The van der Waals surface area contributed by atoms with E-state index < -0.39 is 6.36 Å². The van der Waals surface area contributed by atoms with Crippen molar-refractivity contribution >= 4 is 33.8 Å². The van der Waals surface area contributed by atoms with E-state index in [1.807, 2.05) is 29.2 Å². The van der Waals surface area contributed by atoms with Gasteiger partial charge in [0.1, 0.15) is 11.5 Å². The summed E-state index contributed by atoms with van der Waals surface area (Å²) in [5, 5.41) is 5.38. The molecule has 1 aromatic heterocycles. The van der Waals surface area contributed by atoms with Gasteiger partial charge in [0.15, 0.2) is 5.13 Å². The number of piperazine rings is 1. The largest absolute Gasteiger partial charge is 0.573 e. The quantitative estimate of drug-likeness (QED) is 0.517. The number of carbonyl (C=O) groups excluding carboxylic acids is 1. The third-order valence-electron chi connectivity index (χ3n) is 5.29. The fraction of sp³-hybridized carbons (Fsp3) is 0.304. The molecule has 0 atom stereocenters. The van der Waals surface area contributed by atoms with Gasteiger partial charge in [-0.2, -0.15) is 0 Å². The molecule has 1 saturated heterocycles. The van der Waals surface area contributed by atoms with Crippen LogP contribution in [0.4, 0.5) is 29.7 Å². The van der Waals surface area contributed by atoms with E-state index in [9.17, 15) is 18.0 Å². The lowest BCUT2D eigenvalue weighted by molar-refractivity contribution is -0.274. The number of nitrogens with one attached hydrogen (secondary N) is 1. The Morgan fingerprint density at radius 2 is 1.68 bits per heavy atom. The predicted octanol–water partition coefficient (Wildman–Crippen LogP) is 4.69. The summed E-state index contributed by atoms with van der Waals surface area (Å²) in [7, 11) is 1.63. The zero-order chi connectivity index (χ0) is 24.1. The molecule has 34 heavy (non-hydrogen) atoms. The highest BCUT2D eigenvalue weighted by atomic mass is 32.1. The first-order valence-corrected chi connectivity index (χ1v) is 11.4. The van der Waals surface area contributed by atoms with Crippen molar-refractivity contribution < 1.29 is 27.4 Å². The number of rotatable bonds is 7. The van der Waals surface area contributed by atoms with Crippen LogP contribution < -0.4 is 19.7 Å². The standard InChI is InChI=1S/C23H23F3N4O3S/c1-32-19-8-4-18(5-9-19)29-10-12-30(13-11-29)21(31)14-17-15-34-22(28-17)27-16-2-6-20(7-3-16)33-23(24,25)26/h2-9,15H,10-14H2,1H3,(H,27,28). The Kier molecular flexibility index (Phi) is 7.11. The Balaban J connectivity index is 1.26. The van der Waals surface area contributed by atoms with Crippen molar-refractivity contribution in [1.29, 1.82) is 0 Å². The molecule has 4 rings (SSSR count). The molecule has 0 bridgehead atoms. The normalized spacial score (nSPS) is 14.1. The Labute approximate surface area is 198 Å². The van der Waals surface area contributed by atoms with E-state index in [1.54, 1.807) is 12.5 Å². The summed E-state index contributed by atoms with van der Waals surface area (Å²) in [6, 6.07) is 13.2. The first kappa shape index (κ1) is 23.7. The average Bonchev–Trinajstić information content (AvgIpc) is 3.26. The molecule has 0 unspecified atom stereocenters. The van der Waals surface area contributed by atoms with Crippen LogP contribution in [0.25, 0.3) is 0 Å². The van der Waals surface area contributed by atoms with E-state index in [0.717, 1.165) is 24.5 Å². The highest BCUT2D eigenvalue weighted by molar-refractivity contribution is 7.13. The van der Waals surface area contributed by atoms with E-state index in [4.69, 9.17) is 4.74 Å². The Bertz CT molecular complexity index is 1100. The van der Waals surface area contributed by atoms with Gasteiger partial charge >= 0.3 is 6.36 Å². The number of amides is 1. The fourth-order valence-electron chi connectivity index (χ4n) is 3.58. The number of nitrogens with zero attached hydrogens (tertiary/aromatic N) is 3. The summed E-state index contributed by atoms with van der Waals surface area (Å²) in [6.07, 6.45) is -4.53. The third-order valence-corrected chi connectivity index (χ3v) is 6.10. The fourth-order valence-corrected chi connectivity index (χ4v) is 4.31. The summed E-state index contributed by atoms with van der Waals surface area (Å²) in [4.78, 5) is 21.2. The molecule has 1 aliphatic rings. The van der Waals surface area contributed by atoms with Gasteiger partial charge in [0.2, 0.25) is 5.91 Å². The SMILES string of the molecule is COc1ccc(N2CCN(C(=O)Cc3csc(Nc4ccc(OC(F)(F)F)cc4)n3)CC2)cc1. The average molecular weight is 493 g/mol. The number of methoxy groups -OCH3 is 1. The van der Waals surface area contributed by atoms with Crippen molar-refractivity contribution in [3.05, 3.63) is 59.6 Å². The molecule has 2 heterocycles. The molecule has 1 N–H and O–H groups in total. The van der Waals surface area contributed by atoms with Crippen LogP contribution in [-0.2, 0) is 11.2 Å². The maximum Gasteiger partial charge on any atom is 0.573 e. The molecule has 0 spiro atoms. The van der Waals surface area contributed by atoms with Gasteiger partial charge in [-0.1, -0.05) is 0 Å². The van der Waals surface area contributed by atoms with Gasteiger partial charge in [-0.05, 0) is 48.5 Å². The number of halogens is 3. The number of hydrogen-bond donors (Lipinski definition) is 1. The van der Waals surface area contributed by atoms with Gasteiger partial charge in [-0.25, -0.2) is 4.98 Å². The molecule has 0 radical (unpaired) electrons. The minimum absolute atomic E-state index is 0.0138. The lowest BCUT2D eigenvalue weighted by Crippen LogP contribution is -2.49. The van der Waals surface area contributed by atoms with E-state index in [-0.39, 0.29) is 18.1 Å². The number of thiazole rings is 1. The van der Waals surface area contributed by atoms with Crippen molar-refractivity contribution in [3.63, 3.8) is 0 Å². The van der Waals surface area contributed by atoms with Crippen molar-refractivity contribution in [3.8, 4) is 11.5 Å². The Hall–Kier alpha value is -3.47. The maximum atomic E-state index is 12.7. The number of carbonyl (C=O) groups is 1. The summed E-state index contributed by atoms with van der Waals surface area (Å²) in [5.41, 5.74) is 2.31. The van der Waals surface area contributed by atoms with Crippen LogP contribution in [0.15, 0.2) is 53.9 Å². The third kappa shape index (κ3) is 6.31. The zero-order valence-corrected chi connectivity index (χ0v) is 19.2. The van der Waals surface area contributed by atoms with Gasteiger partial charge in [-0.15, -0.1) is 24.5 Å². The highest BCUT2D eigenvalue weighted by Gasteiger charge is 2.31. The second kappa shape index (κ2) is 10.2. The molecular weight excluding hydrogens is 469 g/mol. The second-order valence-electron chi connectivity index (χ2n) is 7.58. The van der Waals surface area contributed by atoms with Crippen molar-refractivity contribution in [2.45, 2.75) is 12.8 Å². The molecule has 11 heteroatoms. The van der Waals surface area contributed by atoms with E-state index in [2.05, 4.69) is 19.9 Å². The number of ether oxygens (including phenoxy) is 2. The molecule has 0 aliphatic carbocycles. The van der Waals surface area contributed by atoms with Crippen LogP contribution in [0.2, 0.25) is 0 Å². The predicted molar refractivity (Wildman–Crippen MR) is 124 cm³/mol. The first-order valence-electron chi connectivity index (χ1n) is 10.5. The Morgan fingerprint density at radius 3 is 2.29 bits per heavy atom. The van der Waals surface area contributed by atoms with Crippen LogP contribution in [0.5, 0.6) is 11.5 Å². The van der Waals surface area contributed by atoms with Crippen molar-refractivity contribution in [2.24, 2.45) is 0 Å². The molecule has 0 saturated carbocycles. The molecule has 3 aromatic rings. The summed E-state index contributed by atoms with van der Waals surface area (Å²) < 4.78 is 45.9. The Morgan fingerprint density at radius 1 is 1.03 bits per heavy atom. The summed E-state index contributed by atoms with van der Waals surface area (Å²) in [5.74, 6) is 0.526. The van der Waals surface area contributed by atoms with Crippen molar-refractivity contribution in [2.75, 3.05) is 43.5 Å². The highest BCUT2D eigenvalue weighted by Crippen LogP contribution is 2.27. The minimum atomic E-state index is -4.73. The summed E-state index contributed by atoms with van der Waals surface area (Å²) in [6.45, 7) is 2.75. The lowest BCUT2D eigenvalue weighted by Gasteiger charge is -2.36. The molecule has 180 valence electrons. The number of anilines is 3. The smallest absolute Gasteiger partial charge is 0.497 e. The van der Waals surface area contributed by atoms with Gasteiger partial charge in [0.05, 0.1) is 19.2 Å². The number of hydrogen-bond acceptors (Lipinski definition) is 7. The van der Waals surface area contributed by atoms with Crippen LogP contribution in [0.3, 0.4) is 0 Å². The minimum Gasteiger partial charge on any atom is -0.497 e. The van der Waals surface area contributed by atoms with Gasteiger partial charge in [-0.3, -0.25) is 4.79 Å². The molecule has 1 aliphatic heterocycles. The monoisotopic (exact) mass is 492 g/mol. The van der Waals surface area contributed by atoms with E-state index >= 15 is 0 Å². The molecule has 2 aromatic carbocycles. The summed E-state index contributed by atoms with van der Waals surface area (Å²) >= 11 is 1.33. The van der Waals surface area contributed by atoms with Gasteiger partial charge in [0.25, 0.3) is 0 Å². The van der Waals surface area contributed by atoms with Crippen LogP contribution in [0.1, 0.15) is 5.69 Å². The van der Waals surface area contributed by atoms with Crippen LogP contribution >= 0.6 is 11.3 Å². The second-order valence-corrected chi connectivity index (χ2v) is 8.44. The van der Waals surface area contributed by atoms with Crippen LogP contribution in [-0.4, -0.2) is 55.4 Å². The molecule has 1 amide bonds. The number of alkyl halides is 3.